The number of carbonyl (C=O) groups is 1. The predicted octanol–water partition coefficient (Wildman–Crippen LogP) is 2.03. The first-order valence-corrected chi connectivity index (χ1v) is 7.77. The lowest BCUT2D eigenvalue weighted by Gasteiger charge is -2.20. The number of hydrogen-bond acceptors (Lipinski definition) is 4. The van der Waals surface area contributed by atoms with Crippen LogP contribution in [0.2, 0.25) is 5.02 Å². The van der Waals surface area contributed by atoms with Gasteiger partial charge in [0.05, 0.1) is 5.02 Å². The number of carbonyl (C=O) groups excluding carboxylic acids is 1. The van der Waals surface area contributed by atoms with E-state index in [0.29, 0.717) is 6.54 Å². The first-order chi connectivity index (χ1) is 11.0. The molecule has 1 saturated heterocycles. The normalized spacial score (nSPS) is 18.9. The SMILES string of the molecule is CC(C(=O)NC1CCN(c2ccc(Cl)c(F)c2)C1)n1cncn1. The molecule has 6 nitrogen and oxygen atoms in total. The van der Waals surface area contributed by atoms with Gasteiger partial charge in [0, 0.05) is 24.8 Å². The summed E-state index contributed by atoms with van der Waals surface area (Å²) in [5.41, 5.74) is 0.771. The molecule has 2 aromatic rings. The van der Waals surface area contributed by atoms with Crippen molar-refractivity contribution in [2.24, 2.45) is 0 Å². The van der Waals surface area contributed by atoms with Crippen molar-refractivity contribution in [3.63, 3.8) is 0 Å². The Morgan fingerprint density at radius 1 is 1.52 bits per heavy atom. The van der Waals surface area contributed by atoms with Crippen LogP contribution in [0.25, 0.3) is 0 Å². The molecular formula is C15H17ClFN5O. The summed E-state index contributed by atoms with van der Waals surface area (Å²) in [6.45, 7) is 3.16. The van der Waals surface area contributed by atoms with Gasteiger partial charge in [0.1, 0.15) is 24.5 Å². The summed E-state index contributed by atoms with van der Waals surface area (Å²) in [6.07, 6.45) is 3.72. The van der Waals surface area contributed by atoms with Crippen LogP contribution >= 0.6 is 11.6 Å². The molecule has 1 N–H and O–H groups in total. The molecular weight excluding hydrogens is 321 g/mol. The monoisotopic (exact) mass is 337 g/mol. The molecule has 122 valence electrons. The molecule has 1 amide bonds. The Kier molecular flexibility index (Phi) is 4.47. The summed E-state index contributed by atoms with van der Waals surface area (Å²) in [4.78, 5) is 18.1. The van der Waals surface area contributed by atoms with Crippen molar-refractivity contribution >= 4 is 23.2 Å². The minimum absolute atomic E-state index is 0.0206. The number of nitrogens with one attached hydrogen (secondary N) is 1. The molecule has 3 rings (SSSR count). The molecule has 1 aromatic heterocycles. The average Bonchev–Trinajstić information content (AvgIpc) is 3.20. The van der Waals surface area contributed by atoms with Crippen LogP contribution in [0.3, 0.4) is 0 Å². The molecule has 2 atom stereocenters. The lowest BCUT2D eigenvalue weighted by molar-refractivity contribution is -0.124. The van der Waals surface area contributed by atoms with E-state index in [1.54, 1.807) is 19.1 Å². The molecule has 0 radical (unpaired) electrons. The molecule has 0 saturated carbocycles. The zero-order valence-corrected chi connectivity index (χ0v) is 13.4. The van der Waals surface area contributed by atoms with Gasteiger partial charge in [0.25, 0.3) is 0 Å². The third-order valence-corrected chi connectivity index (χ3v) is 4.32. The highest BCUT2D eigenvalue weighted by Gasteiger charge is 2.26. The Balaban J connectivity index is 1.59. The Morgan fingerprint density at radius 3 is 3.04 bits per heavy atom. The number of hydrogen-bond donors (Lipinski definition) is 1. The maximum Gasteiger partial charge on any atom is 0.244 e. The second-order valence-corrected chi connectivity index (χ2v) is 6.00. The molecule has 0 bridgehead atoms. The van der Waals surface area contributed by atoms with Crippen molar-refractivity contribution in [2.45, 2.75) is 25.4 Å². The fraction of sp³-hybridized carbons (Fsp3) is 0.400. The number of amides is 1. The quantitative estimate of drug-likeness (QED) is 0.927. The van der Waals surface area contributed by atoms with E-state index in [1.165, 1.54) is 23.4 Å². The molecule has 1 fully saturated rings. The average molecular weight is 338 g/mol. The fourth-order valence-corrected chi connectivity index (χ4v) is 2.77. The van der Waals surface area contributed by atoms with Gasteiger partial charge in [-0.15, -0.1) is 0 Å². The summed E-state index contributed by atoms with van der Waals surface area (Å²) in [6, 6.07) is 4.36. The fourth-order valence-electron chi connectivity index (χ4n) is 2.65. The van der Waals surface area contributed by atoms with Gasteiger partial charge < -0.3 is 10.2 Å². The number of anilines is 1. The van der Waals surface area contributed by atoms with Gasteiger partial charge in [-0.05, 0) is 31.5 Å². The maximum atomic E-state index is 13.6. The van der Waals surface area contributed by atoms with E-state index < -0.39 is 11.9 Å². The van der Waals surface area contributed by atoms with Crippen molar-refractivity contribution in [1.82, 2.24) is 20.1 Å². The van der Waals surface area contributed by atoms with Crippen LogP contribution in [0.1, 0.15) is 19.4 Å². The summed E-state index contributed by atoms with van der Waals surface area (Å²) in [5.74, 6) is -0.541. The van der Waals surface area contributed by atoms with E-state index in [0.717, 1.165) is 18.7 Å². The van der Waals surface area contributed by atoms with E-state index in [9.17, 15) is 9.18 Å². The van der Waals surface area contributed by atoms with E-state index in [1.807, 2.05) is 4.90 Å². The smallest absolute Gasteiger partial charge is 0.244 e. The Morgan fingerprint density at radius 2 is 2.35 bits per heavy atom. The van der Waals surface area contributed by atoms with Crippen LogP contribution in [0, 0.1) is 5.82 Å². The third-order valence-electron chi connectivity index (χ3n) is 4.02. The van der Waals surface area contributed by atoms with Gasteiger partial charge in [0.15, 0.2) is 0 Å². The highest BCUT2D eigenvalue weighted by atomic mass is 35.5. The Hall–Kier alpha value is -2.15. The summed E-state index contributed by atoms with van der Waals surface area (Å²) >= 11 is 5.70. The third kappa shape index (κ3) is 3.44. The van der Waals surface area contributed by atoms with Gasteiger partial charge in [-0.1, -0.05) is 11.6 Å². The second-order valence-electron chi connectivity index (χ2n) is 5.59. The lowest BCUT2D eigenvalue weighted by atomic mass is 10.2. The highest BCUT2D eigenvalue weighted by molar-refractivity contribution is 6.30. The van der Waals surface area contributed by atoms with Crippen molar-refractivity contribution in [2.75, 3.05) is 18.0 Å². The Bertz CT molecular complexity index is 693. The first kappa shape index (κ1) is 15.7. The van der Waals surface area contributed by atoms with Crippen molar-refractivity contribution in [3.8, 4) is 0 Å². The Labute approximate surface area is 138 Å². The van der Waals surface area contributed by atoms with E-state index in [2.05, 4.69) is 15.4 Å². The van der Waals surface area contributed by atoms with E-state index >= 15 is 0 Å². The van der Waals surface area contributed by atoms with Crippen LogP contribution in [0.15, 0.2) is 30.9 Å². The summed E-state index contributed by atoms with van der Waals surface area (Å²) in [7, 11) is 0. The van der Waals surface area contributed by atoms with Crippen LogP contribution in [0.4, 0.5) is 10.1 Å². The molecule has 0 spiro atoms. The standard InChI is InChI=1S/C15H17ClFN5O/c1-10(22-9-18-8-19-22)15(23)20-11-4-5-21(7-11)12-2-3-13(16)14(17)6-12/h2-3,6,8-11H,4-5,7H2,1H3,(H,20,23). The van der Waals surface area contributed by atoms with Gasteiger partial charge in [-0.2, -0.15) is 5.10 Å². The molecule has 2 heterocycles. The molecule has 2 unspecified atom stereocenters. The molecule has 1 aromatic carbocycles. The van der Waals surface area contributed by atoms with Crippen molar-refractivity contribution in [1.29, 1.82) is 0 Å². The minimum atomic E-state index is -0.434. The molecule has 0 aliphatic carbocycles. The number of nitrogens with zero attached hydrogens (tertiary/aromatic N) is 4. The van der Waals surface area contributed by atoms with Gasteiger partial charge >= 0.3 is 0 Å². The van der Waals surface area contributed by atoms with Crippen LogP contribution in [-0.4, -0.2) is 39.8 Å². The molecule has 1 aliphatic heterocycles. The number of benzene rings is 1. The van der Waals surface area contributed by atoms with Gasteiger partial charge in [-0.3, -0.25) is 4.79 Å². The van der Waals surface area contributed by atoms with Crippen molar-refractivity contribution < 1.29 is 9.18 Å². The molecule has 1 aliphatic rings. The van der Waals surface area contributed by atoms with Gasteiger partial charge in [-0.25, -0.2) is 14.1 Å². The number of aromatic nitrogens is 3. The van der Waals surface area contributed by atoms with Crippen LogP contribution in [-0.2, 0) is 4.79 Å². The minimum Gasteiger partial charge on any atom is -0.369 e. The van der Waals surface area contributed by atoms with Crippen molar-refractivity contribution in [3.05, 3.63) is 41.7 Å². The summed E-state index contributed by atoms with van der Waals surface area (Å²) in [5, 5.41) is 7.09. The zero-order chi connectivity index (χ0) is 16.4. The van der Waals surface area contributed by atoms with E-state index in [4.69, 9.17) is 11.6 Å². The number of rotatable bonds is 4. The lowest BCUT2D eigenvalue weighted by Crippen LogP contribution is -2.40. The van der Waals surface area contributed by atoms with Gasteiger partial charge in [0.2, 0.25) is 5.91 Å². The maximum absolute atomic E-state index is 13.6. The van der Waals surface area contributed by atoms with Crippen LogP contribution in [0.5, 0.6) is 0 Å². The first-order valence-electron chi connectivity index (χ1n) is 7.39. The largest absolute Gasteiger partial charge is 0.369 e. The number of halogens is 2. The molecule has 23 heavy (non-hydrogen) atoms. The summed E-state index contributed by atoms with van der Waals surface area (Å²) < 4.78 is 15.1. The van der Waals surface area contributed by atoms with E-state index in [-0.39, 0.29) is 17.0 Å². The second kappa shape index (κ2) is 6.54. The topological polar surface area (TPSA) is 63.1 Å². The highest BCUT2D eigenvalue weighted by Crippen LogP contribution is 2.25. The van der Waals surface area contributed by atoms with Crippen LogP contribution < -0.4 is 10.2 Å². The zero-order valence-electron chi connectivity index (χ0n) is 12.6. The molecule has 8 heteroatoms. The predicted molar refractivity (Wildman–Crippen MR) is 84.9 cm³/mol.